The van der Waals surface area contributed by atoms with Crippen molar-refractivity contribution >= 4 is 33.2 Å². The number of carbonyl (C=O) groups excluding carboxylic acids is 1. The molecule has 1 aromatic carbocycles. The van der Waals surface area contributed by atoms with E-state index in [9.17, 15) is 33.6 Å². The molecule has 1 aliphatic rings. The summed E-state index contributed by atoms with van der Waals surface area (Å²) in [5, 5.41) is 39.8. The van der Waals surface area contributed by atoms with Crippen molar-refractivity contribution in [3.05, 3.63) is 36.4 Å². The molecule has 0 aliphatic carbocycles. The molecule has 1 saturated heterocycles. The fraction of sp³-hybridized carbons (Fsp3) is 0.294. The van der Waals surface area contributed by atoms with Gasteiger partial charge in [-0.1, -0.05) is 6.07 Å². The van der Waals surface area contributed by atoms with E-state index >= 15 is 0 Å². The number of rotatable bonds is 6. The second-order valence-electron chi connectivity index (χ2n) is 6.97. The molecular weight excluding hydrogens is 464 g/mol. The number of imidazole rings is 1. The van der Waals surface area contributed by atoms with E-state index in [4.69, 9.17) is 14.7 Å². The second-order valence-corrected chi connectivity index (χ2v) is 8.32. The Morgan fingerprint density at radius 1 is 1.21 bits per heavy atom. The Labute approximate surface area is 185 Å². The molecule has 0 unspecified atom stereocenters. The predicted octanol–water partition coefficient (Wildman–Crippen LogP) is -1.87. The number of aliphatic hydroxyl groups excluding tert-OH is 2. The number of amides is 1. The van der Waals surface area contributed by atoms with E-state index in [1.54, 1.807) is 4.72 Å². The van der Waals surface area contributed by atoms with Crippen molar-refractivity contribution in [2.75, 3.05) is 12.3 Å². The Balaban J connectivity index is 1.44. The average molecular weight is 482 g/mol. The summed E-state index contributed by atoms with van der Waals surface area (Å²) in [5.74, 6) is -2.62. The van der Waals surface area contributed by atoms with Crippen LogP contribution in [0.5, 0.6) is 11.5 Å². The van der Waals surface area contributed by atoms with Gasteiger partial charge in [0.1, 0.15) is 30.2 Å². The number of hydrogen-bond acceptors (Lipinski definition) is 13. The number of aromatic nitrogens is 4. The topological polar surface area (TPSA) is 232 Å². The van der Waals surface area contributed by atoms with Crippen LogP contribution in [0, 0.1) is 0 Å². The van der Waals surface area contributed by atoms with E-state index < -0.39 is 64.4 Å². The molecule has 0 radical (unpaired) electrons. The fourth-order valence-corrected chi connectivity index (χ4v) is 3.93. The summed E-state index contributed by atoms with van der Waals surface area (Å²) < 4.78 is 37.4. The number of nitrogens with zero attached hydrogens (tertiary/aromatic N) is 4. The first-order valence-corrected chi connectivity index (χ1v) is 10.7. The Kier molecular flexibility index (Phi) is 5.76. The van der Waals surface area contributed by atoms with Gasteiger partial charge in [-0.25, -0.2) is 19.7 Å². The second kappa shape index (κ2) is 8.41. The molecule has 3 heterocycles. The number of nitrogens with two attached hydrogens (primary N) is 1. The van der Waals surface area contributed by atoms with Gasteiger partial charge < -0.3 is 30.9 Å². The standard InChI is InChI=1S/C17H18N6O9S/c18-14-10-15(20-5-19-14)23(6-21-10)17-13(27)12(26)9(32-17)4-31-33(29,30)22-16(28)7-2-1-3-8(24)11(7)25/h1-3,5-6,9,12-13,17,24-27H,4H2,(H,22,28)(H2,18,19,20)/t9-,12-,13-,17-/m1/s1. The molecule has 4 rings (SSSR count). The first-order valence-electron chi connectivity index (χ1n) is 9.26. The highest BCUT2D eigenvalue weighted by Gasteiger charge is 2.45. The predicted molar refractivity (Wildman–Crippen MR) is 108 cm³/mol. The highest BCUT2D eigenvalue weighted by Crippen LogP contribution is 2.32. The smallest absolute Gasteiger partial charge is 0.362 e. The van der Waals surface area contributed by atoms with E-state index in [1.165, 1.54) is 23.3 Å². The normalized spacial score (nSPS) is 23.1. The zero-order valence-electron chi connectivity index (χ0n) is 16.5. The molecule has 4 atom stereocenters. The first kappa shape index (κ1) is 22.6. The molecule has 0 spiro atoms. The number of fused-ring (bicyclic) bond motifs is 1. The molecule has 1 aliphatic heterocycles. The van der Waals surface area contributed by atoms with Crippen LogP contribution in [-0.2, 0) is 19.2 Å². The quantitative estimate of drug-likeness (QED) is 0.212. The number of phenolic OH excluding ortho intramolecular Hbond substituents is 2. The molecule has 15 nitrogen and oxygen atoms in total. The van der Waals surface area contributed by atoms with Crippen LogP contribution in [0.2, 0.25) is 0 Å². The minimum absolute atomic E-state index is 0.0891. The number of hydrogen-bond donors (Lipinski definition) is 6. The number of nitrogen functional groups attached to an aromatic ring is 1. The lowest BCUT2D eigenvalue weighted by molar-refractivity contribution is -0.0468. The van der Waals surface area contributed by atoms with Gasteiger partial charge in [0.05, 0.1) is 18.5 Å². The van der Waals surface area contributed by atoms with Gasteiger partial charge >= 0.3 is 10.3 Å². The van der Waals surface area contributed by atoms with Gasteiger partial charge in [-0.05, 0) is 12.1 Å². The Bertz CT molecular complexity index is 1310. The van der Waals surface area contributed by atoms with Crippen molar-refractivity contribution in [1.82, 2.24) is 24.2 Å². The van der Waals surface area contributed by atoms with Crippen molar-refractivity contribution in [2.24, 2.45) is 0 Å². The lowest BCUT2D eigenvalue weighted by atomic mass is 10.1. The van der Waals surface area contributed by atoms with Crippen LogP contribution in [0.1, 0.15) is 16.6 Å². The van der Waals surface area contributed by atoms with Gasteiger partial charge in [0.2, 0.25) is 0 Å². The third-order valence-corrected chi connectivity index (χ3v) is 5.74. The van der Waals surface area contributed by atoms with Crippen molar-refractivity contribution in [3.8, 4) is 11.5 Å². The number of aromatic hydroxyl groups is 2. The summed E-state index contributed by atoms with van der Waals surface area (Å²) in [6, 6.07) is 3.40. The van der Waals surface area contributed by atoms with Crippen LogP contribution >= 0.6 is 0 Å². The van der Waals surface area contributed by atoms with Crippen LogP contribution < -0.4 is 10.5 Å². The maximum absolute atomic E-state index is 12.1. The first-order chi connectivity index (χ1) is 15.6. The zero-order valence-corrected chi connectivity index (χ0v) is 17.3. The maximum atomic E-state index is 12.1. The lowest BCUT2D eigenvalue weighted by Gasteiger charge is -2.16. The molecule has 176 valence electrons. The summed E-state index contributed by atoms with van der Waals surface area (Å²) in [5.41, 5.74) is 5.66. The molecule has 0 saturated carbocycles. The van der Waals surface area contributed by atoms with Crippen LogP contribution in [0.4, 0.5) is 5.82 Å². The summed E-state index contributed by atoms with van der Waals surface area (Å²) in [7, 11) is -4.72. The Morgan fingerprint density at radius 2 is 1.97 bits per heavy atom. The Hall–Kier alpha value is -3.57. The number of phenols is 2. The number of carbonyl (C=O) groups is 1. The minimum Gasteiger partial charge on any atom is -0.504 e. The van der Waals surface area contributed by atoms with Gasteiger partial charge in [-0.2, -0.15) is 8.42 Å². The van der Waals surface area contributed by atoms with Crippen molar-refractivity contribution in [2.45, 2.75) is 24.5 Å². The summed E-state index contributed by atoms with van der Waals surface area (Å²) in [6.07, 6.45) is -3.15. The monoisotopic (exact) mass is 482 g/mol. The van der Waals surface area contributed by atoms with Crippen LogP contribution in [-0.4, -0.2) is 79.2 Å². The van der Waals surface area contributed by atoms with Gasteiger partial charge in [0.15, 0.2) is 29.2 Å². The number of benzene rings is 1. The van der Waals surface area contributed by atoms with Crippen molar-refractivity contribution in [1.29, 1.82) is 0 Å². The van der Waals surface area contributed by atoms with Gasteiger partial charge in [0.25, 0.3) is 5.91 Å². The largest absolute Gasteiger partial charge is 0.504 e. The van der Waals surface area contributed by atoms with Crippen molar-refractivity contribution < 1.29 is 42.6 Å². The third-order valence-electron chi connectivity index (χ3n) is 4.86. The summed E-state index contributed by atoms with van der Waals surface area (Å²) in [4.78, 5) is 24.0. The van der Waals surface area contributed by atoms with Gasteiger partial charge in [-0.15, -0.1) is 0 Å². The van der Waals surface area contributed by atoms with Crippen molar-refractivity contribution in [3.63, 3.8) is 0 Å². The summed E-state index contributed by atoms with van der Waals surface area (Å²) >= 11 is 0. The molecule has 7 N–H and O–H groups in total. The fourth-order valence-electron chi connectivity index (χ4n) is 3.22. The van der Waals surface area contributed by atoms with E-state index in [0.717, 1.165) is 12.1 Å². The number of nitrogens with one attached hydrogen (secondary N) is 1. The summed E-state index contributed by atoms with van der Waals surface area (Å²) in [6.45, 7) is -0.771. The SMILES string of the molecule is Nc1ncnc2c1ncn2[C@@H]1O[C@H](COS(=O)(=O)NC(=O)c2cccc(O)c2O)[C@@H](O)[C@H]1O. The van der Waals surface area contributed by atoms with E-state index in [-0.39, 0.29) is 17.0 Å². The van der Waals surface area contributed by atoms with E-state index in [0.29, 0.717) is 0 Å². The van der Waals surface area contributed by atoms with E-state index in [1.807, 2.05) is 0 Å². The molecule has 1 fully saturated rings. The zero-order chi connectivity index (χ0) is 23.9. The number of ether oxygens (including phenoxy) is 1. The highest BCUT2D eigenvalue weighted by molar-refractivity contribution is 7.85. The van der Waals surface area contributed by atoms with Crippen LogP contribution in [0.15, 0.2) is 30.9 Å². The number of para-hydroxylation sites is 1. The molecule has 1 amide bonds. The lowest BCUT2D eigenvalue weighted by Crippen LogP contribution is -2.37. The number of anilines is 1. The molecule has 0 bridgehead atoms. The molecular formula is C17H18N6O9S. The minimum atomic E-state index is -4.72. The molecule has 3 aromatic rings. The van der Waals surface area contributed by atoms with Crippen LogP contribution in [0.3, 0.4) is 0 Å². The third kappa shape index (κ3) is 4.24. The molecule has 33 heavy (non-hydrogen) atoms. The average Bonchev–Trinajstić information content (AvgIpc) is 3.31. The highest BCUT2D eigenvalue weighted by atomic mass is 32.2. The molecule has 16 heteroatoms. The Morgan fingerprint density at radius 3 is 2.73 bits per heavy atom. The van der Waals surface area contributed by atoms with E-state index in [2.05, 4.69) is 15.0 Å². The maximum Gasteiger partial charge on any atom is 0.362 e. The van der Waals surface area contributed by atoms with Gasteiger partial charge in [0, 0.05) is 0 Å². The van der Waals surface area contributed by atoms with Gasteiger partial charge in [-0.3, -0.25) is 13.5 Å². The van der Waals surface area contributed by atoms with Crippen LogP contribution in [0.25, 0.3) is 11.2 Å². The molecule has 2 aromatic heterocycles. The number of aliphatic hydroxyl groups is 2.